The van der Waals surface area contributed by atoms with Crippen LogP contribution >= 0.6 is 0 Å². The second kappa shape index (κ2) is 4.40. The summed E-state index contributed by atoms with van der Waals surface area (Å²) in [5, 5.41) is 0. The molecule has 19 heavy (non-hydrogen) atoms. The number of fused-ring (bicyclic) bond motifs is 5. The van der Waals surface area contributed by atoms with E-state index in [1.165, 1.54) is 31.2 Å². The maximum absolute atomic E-state index is 5.34. The molecule has 100 valence electrons. The van der Waals surface area contributed by atoms with Gasteiger partial charge in [-0.05, 0) is 73.0 Å². The van der Waals surface area contributed by atoms with Crippen molar-refractivity contribution in [2.75, 3.05) is 7.11 Å². The zero-order valence-corrected chi connectivity index (χ0v) is 11.6. The van der Waals surface area contributed by atoms with Gasteiger partial charge in [-0.3, -0.25) is 0 Å². The molecule has 1 heteroatoms. The van der Waals surface area contributed by atoms with Crippen molar-refractivity contribution in [2.24, 2.45) is 29.6 Å². The summed E-state index contributed by atoms with van der Waals surface area (Å²) in [6, 6.07) is 8.64. The smallest absolute Gasteiger partial charge is 0.119 e. The highest BCUT2D eigenvalue weighted by atomic mass is 16.5. The first-order chi connectivity index (χ1) is 9.35. The van der Waals surface area contributed by atoms with E-state index in [-0.39, 0.29) is 0 Å². The van der Waals surface area contributed by atoms with Crippen LogP contribution in [0.4, 0.5) is 0 Å². The number of ether oxygens (including phenoxy) is 1. The van der Waals surface area contributed by atoms with Crippen molar-refractivity contribution >= 4 is 0 Å². The highest BCUT2D eigenvalue weighted by Gasteiger charge is 2.51. The fourth-order valence-electron chi connectivity index (χ4n) is 5.02. The Morgan fingerprint density at radius 3 is 3.05 bits per heavy atom. The van der Waals surface area contributed by atoms with Gasteiger partial charge in [0, 0.05) is 0 Å². The van der Waals surface area contributed by atoms with Gasteiger partial charge >= 0.3 is 0 Å². The lowest BCUT2D eigenvalue weighted by Crippen LogP contribution is -2.25. The van der Waals surface area contributed by atoms with Crippen molar-refractivity contribution in [1.82, 2.24) is 0 Å². The Kier molecular flexibility index (Phi) is 2.68. The van der Waals surface area contributed by atoms with Gasteiger partial charge in [0.1, 0.15) is 5.75 Å². The van der Waals surface area contributed by atoms with Crippen molar-refractivity contribution < 1.29 is 4.74 Å². The van der Waals surface area contributed by atoms with Gasteiger partial charge in [0.05, 0.1) is 7.11 Å². The summed E-state index contributed by atoms with van der Waals surface area (Å²) in [5.74, 6) is 5.79. The summed E-state index contributed by atoms with van der Waals surface area (Å²) in [5.41, 5.74) is 1.45. The number of rotatable bonds is 3. The van der Waals surface area contributed by atoms with Gasteiger partial charge in [-0.2, -0.15) is 0 Å². The number of benzene rings is 1. The molecule has 1 aromatic carbocycles. The van der Waals surface area contributed by atoms with Crippen LogP contribution in [-0.2, 0) is 6.42 Å². The topological polar surface area (TPSA) is 9.23 Å². The summed E-state index contributed by atoms with van der Waals surface area (Å²) in [6.45, 7) is 0. The zero-order valence-electron chi connectivity index (χ0n) is 11.6. The Morgan fingerprint density at radius 1 is 1.21 bits per heavy atom. The molecule has 1 nitrogen and oxygen atoms in total. The molecule has 0 spiro atoms. The molecule has 0 amide bonds. The molecule has 2 saturated carbocycles. The van der Waals surface area contributed by atoms with Crippen LogP contribution in [0.2, 0.25) is 0 Å². The largest absolute Gasteiger partial charge is 0.497 e. The van der Waals surface area contributed by atoms with Gasteiger partial charge in [0.25, 0.3) is 0 Å². The normalized spacial score (nSPS) is 38.7. The van der Waals surface area contributed by atoms with Gasteiger partial charge < -0.3 is 4.74 Å². The second-order valence-corrected chi connectivity index (χ2v) is 6.62. The molecule has 5 unspecified atom stereocenters. The van der Waals surface area contributed by atoms with Crippen molar-refractivity contribution in [3.63, 3.8) is 0 Å². The van der Waals surface area contributed by atoms with Gasteiger partial charge in [-0.15, -0.1) is 0 Å². The van der Waals surface area contributed by atoms with E-state index in [2.05, 4.69) is 30.4 Å². The average molecular weight is 254 g/mol. The van der Waals surface area contributed by atoms with E-state index in [9.17, 15) is 0 Å². The van der Waals surface area contributed by atoms with Gasteiger partial charge in [-0.25, -0.2) is 0 Å². The van der Waals surface area contributed by atoms with Gasteiger partial charge in [0.15, 0.2) is 0 Å². The van der Waals surface area contributed by atoms with E-state index in [4.69, 9.17) is 4.74 Å². The monoisotopic (exact) mass is 254 g/mol. The molecular weight excluding hydrogens is 232 g/mol. The molecule has 1 aromatic rings. The summed E-state index contributed by atoms with van der Waals surface area (Å²) in [4.78, 5) is 0. The van der Waals surface area contributed by atoms with E-state index in [1.54, 1.807) is 7.11 Å². The van der Waals surface area contributed by atoms with Crippen LogP contribution in [0.15, 0.2) is 36.4 Å². The van der Waals surface area contributed by atoms with E-state index in [0.717, 1.165) is 35.3 Å². The standard InChI is InChI=1S/C18H22O/c1-19-15-5-2-4-12(9-15)8-13-10-14-11-18(13)17-7-3-6-16(14)17/h2-5,7,9,13-14,16-18H,6,8,10-11H2,1H3. The molecule has 2 fully saturated rings. The minimum atomic E-state index is 0.904. The number of hydrogen-bond donors (Lipinski definition) is 0. The molecule has 0 saturated heterocycles. The third-order valence-electron chi connectivity index (χ3n) is 5.78. The molecule has 3 aliphatic carbocycles. The molecule has 0 radical (unpaired) electrons. The first-order valence-corrected chi connectivity index (χ1v) is 7.65. The van der Waals surface area contributed by atoms with Crippen molar-refractivity contribution in [1.29, 1.82) is 0 Å². The van der Waals surface area contributed by atoms with Crippen LogP contribution in [0.1, 0.15) is 24.8 Å². The van der Waals surface area contributed by atoms with Crippen molar-refractivity contribution in [3.8, 4) is 5.75 Å². The summed E-state index contributed by atoms with van der Waals surface area (Å²) in [7, 11) is 1.75. The minimum absolute atomic E-state index is 0.904. The van der Waals surface area contributed by atoms with Crippen LogP contribution in [0, 0.1) is 29.6 Å². The van der Waals surface area contributed by atoms with Crippen LogP contribution < -0.4 is 4.74 Å². The van der Waals surface area contributed by atoms with Gasteiger partial charge in [-0.1, -0.05) is 24.3 Å². The molecule has 0 aromatic heterocycles. The van der Waals surface area contributed by atoms with Crippen LogP contribution in [0.3, 0.4) is 0 Å². The average Bonchev–Trinajstić information content (AvgIpc) is 3.10. The predicted octanol–water partition coefficient (Wildman–Crippen LogP) is 4.09. The van der Waals surface area contributed by atoms with Crippen LogP contribution in [0.25, 0.3) is 0 Å². The SMILES string of the molecule is COc1cccc(CC2CC3CC2C2C=CCC32)c1. The lowest BCUT2D eigenvalue weighted by molar-refractivity contribution is 0.210. The third kappa shape index (κ3) is 1.82. The molecule has 5 atom stereocenters. The highest BCUT2D eigenvalue weighted by molar-refractivity contribution is 5.29. The van der Waals surface area contributed by atoms with Crippen molar-refractivity contribution in [3.05, 3.63) is 42.0 Å². The summed E-state index contributed by atoms with van der Waals surface area (Å²) < 4.78 is 5.34. The Hall–Kier alpha value is -1.24. The maximum Gasteiger partial charge on any atom is 0.119 e. The molecular formula is C18H22O. The Bertz CT molecular complexity index is 504. The lowest BCUT2D eigenvalue weighted by atomic mass is 9.73. The number of allylic oxidation sites excluding steroid dienone is 2. The minimum Gasteiger partial charge on any atom is -0.497 e. The Morgan fingerprint density at radius 2 is 2.16 bits per heavy atom. The second-order valence-electron chi connectivity index (χ2n) is 6.62. The molecule has 4 rings (SSSR count). The molecule has 0 aliphatic heterocycles. The molecule has 2 bridgehead atoms. The molecule has 0 heterocycles. The van der Waals surface area contributed by atoms with Crippen LogP contribution in [-0.4, -0.2) is 7.11 Å². The maximum atomic E-state index is 5.34. The van der Waals surface area contributed by atoms with Crippen molar-refractivity contribution in [2.45, 2.75) is 25.7 Å². The zero-order chi connectivity index (χ0) is 12.8. The third-order valence-corrected chi connectivity index (χ3v) is 5.78. The fourth-order valence-corrected chi connectivity index (χ4v) is 5.02. The predicted molar refractivity (Wildman–Crippen MR) is 77.1 cm³/mol. The fraction of sp³-hybridized carbons (Fsp3) is 0.556. The van der Waals surface area contributed by atoms with Crippen LogP contribution in [0.5, 0.6) is 5.75 Å². The summed E-state index contributed by atoms with van der Waals surface area (Å²) in [6.07, 6.45) is 10.5. The summed E-state index contributed by atoms with van der Waals surface area (Å²) >= 11 is 0. The van der Waals surface area contributed by atoms with E-state index < -0.39 is 0 Å². The lowest BCUT2D eigenvalue weighted by Gasteiger charge is -2.31. The first-order valence-electron chi connectivity index (χ1n) is 7.65. The number of methoxy groups -OCH3 is 1. The Balaban J connectivity index is 1.51. The Labute approximate surface area is 115 Å². The first kappa shape index (κ1) is 11.6. The molecule has 3 aliphatic rings. The van der Waals surface area contributed by atoms with E-state index >= 15 is 0 Å². The highest BCUT2D eigenvalue weighted by Crippen LogP contribution is 2.59. The van der Waals surface area contributed by atoms with E-state index in [0.29, 0.717) is 0 Å². The van der Waals surface area contributed by atoms with E-state index in [1.807, 2.05) is 6.07 Å². The number of hydrogen-bond acceptors (Lipinski definition) is 1. The molecule has 0 N–H and O–H groups in total. The van der Waals surface area contributed by atoms with Gasteiger partial charge in [0.2, 0.25) is 0 Å². The quantitative estimate of drug-likeness (QED) is 0.738.